The van der Waals surface area contributed by atoms with Crippen molar-refractivity contribution >= 4 is 21.7 Å². The van der Waals surface area contributed by atoms with Crippen LogP contribution in [0.3, 0.4) is 0 Å². The van der Waals surface area contributed by atoms with Crippen molar-refractivity contribution in [1.82, 2.24) is 15.1 Å². The minimum atomic E-state index is -3.00. The standard InChI is InChI=1S/C20H31N3O6S/c1-4-28-17-7-6-16(14-18(17)29-5-2)20(25)21-15-19(24)23-10-8-22(9-11-23)12-13-30(3,26)27/h6-7,14H,4-5,8-13,15H2,1-3H3,(H,21,25). The van der Waals surface area contributed by atoms with Gasteiger partial charge in [-0.15, -0.1) is 0 Å². The summed E-state index contributed by atoms with van der Waals surface area (Å²) < 4.78 is 33.6. The summed E-state index contributed by atoms with van der Waals surface area (Å²) in [6.45, 7) is 7.28. The lowest BCUT2D eigenvalue weighted by Crippen LogP contribution is -2.51. The van der Waals surface area contributed by atoms with Gasteiger partial charge in [-0.2, -0.15) is 0 Å². The minimum Gasteiger partial charge on any atom is -0.490 e. The maximum atomic E-state index is 12.4. The van der Waals surface area contributed by atoms with Gasteiger partial charge in [-0.1, -0.05) is 0 Å². The Morgan fingerprint density at radius 3 is 2.27 bits per heavy atom. The van der Waals surface area contributed by atoms with Crippen LogP contribution < -0.4 is 14.8 Å². The van der Waals surface area contributed by atoms with Gasteiger partial charge in [0.25, 0.3) is 5.91 Å². The number of piperazine rings is 1. The largest absolute Gasteiger partial charge is 0.490 e. The molecule has 1 aromatic rings. The van der Waals surface area contributed by atoms with Crippen molar-refractivity contribution in [3.05, 3.63) is 23.8 Å². The summed E-state index contributed by atoms with van der Waals surface area (Å²) in [6, 6.07) is 4.92. The fraction of sp³-hybridized carbons (Fsp3) is 0.600. The Morgan fingerprint density at radius 1 is 1.03 bits per heavy atom. The van der Waals surface area contributed by atoms with Crippen LogP contribution in [-0.2, 0) is 14.6 Å². The van der Waals surface area contributed by atoms with Gasteiger partial charge < -0.3 is 19.7 Å². The van der Waals surface area contributed by atoms with Gasteiger partial charge in [0.1, 0.15) is 9.84 Å². The Labute approximate surface area is 178 Å². The van der Waals surface area contributed by atoms with E-state index >= 15 is 0 Å². The number of amides is 2. The molecule has 0 atom stereocenters. The molecular weight excluding hydrogens is 410 g/mol. The second-order valence-corrected chi connectivity index (χ2v) is 9.32. The maximum absolute atomic E-state index is 12.4. The van der Waals surface area contributed by atoms with Crippen LogP contribution in [0.15, 0.2) is 18.2 Å². The van der Waals surface area contributed by atoms with E-state index in [1.807, 2.05) is 18.7 Å². The van der Waals surface area contributed by atoms with Crippen molar-refractivity contribution in [2.24, 2.45) is 0 Å². The molecule has 0 spiro atoms. The Kier molecular flexibility index (Phi) is 8.91. The number of sulfone groups is 1. The molecule has 1 aliphatic rings. The third kappa shape index (κ3) is 7.49. The Hall–Kier alpha value is -2.33. The van der Waals surface area contributed by atoms with Crippen LogP contribution in [0.25, 0.3) is 0 Å². The SMILES string of the molecule is CCOc1ccc(C(=O)NCC(=O)N2CCN(CCS(C)(=O)=O)CC2)cc1OCC. The number of benzene rings is 1. The predicted molar refractivity (Wildman–Crippen MR) is 114 cm³/mol. The molecule has 0 aliphatic carbocycles. The van der Waals surface area contributed by atoms with Crippen LogP contribution in [-0.4, -0.2) is 94.5 Å². The monoisotopic (exact) mass is 441 g/mol. The number of hydrogen-bond acceptors (Lipinski definition) is 7. The number of nitrogens with zero attached hydrogens (tertiary/aromatic N) is 2. The van der Waals surface area contributed by atoms with Crippen LogP contribution in [0.4, 0.5) is 0 Å². The molecule has 9 nitrogen and oxygen atoms in total. The van der Waals surface area contributed by atoms with Crippen molar-refractivity contribution < 1.29 is 27.5 Å². The highest BCUT2D eigenvalue weighted by Gasteiger charge is 2.22. The van der Waals surface area contributed by atoms with E-state index < -0.39 is 9.84 Å². The normalized spacial score (nSPS) is 15.0. The first kappa shape index (κ1) is 23.9. The number of carbonyl (C=O) groups is 2. The highest BCUT2D eigenvalue weighted by Crippen LogP contribution is 2.28. The lowest BCUT2D eigenvalue weighted by Gasteiger charge is -2.34. The second kappa shape index (κ2) is 11.2. The van der Waals surface area contributed by atoms with Gasteiger partial charge >= 0.3 is 0 Å². The first-order valence-corrected chi connectivity index (χ1v) is 12.1. The Bertz CT molecular complexity index is 835. The van der Waals surface area contributed by atoms with E-state index in [4.69, 9.17) is 9.47 Å². The van der Waals surface area contributed by atoms with Crippen molar-refractivity contribution in [3.63, 3.8) is 0 Å². The van der Waals surface area contributed by atoms with Crippen LogP contribution in [0.1, 0.15) is 24.2 Å². The topological polar surface area (TPSA) is 105 Å². The summed E-state index contributed by atoms with van der Waals surface area (Å²) in [5, 5.41) is 2.65. The van der Waals surface area contributed by atoms with Crippen LogP contribution in [0.2, 0.25) is 0 Å². The van der Waals surface area contributed by atoms with Crippen molar-refractivity contribution in [1.29, 1.82) is 0 Å². The molecular formula is C20H31N3O6S. The third-order valence-electron chi connectivity index (χ3n) is 4.71. The zero-order valence-electron chi connectivity index (χ0n) is 17.8. The molecule has 30 heavy (non-hydrogen) atoms. The van der Waals surface area contributed by atoms with Gasteiger partial charge in [0, 0.05) is 44.5 Å². The molecule has 1 aromatic carbocycles. The zero-order chi connectivity index (χ0) is 22.1. The lowest BCUT2D eigenvalue weighted by atomic mass is 10.2. The quantitative estimate of drug-likeness (QED) is 0.560. The van der Waals surface area contributed by atoms with Gasteiger partial charge in [0.2, 0.25) is 5.91 Å². The van der Waals surface area contributed by atoms with E-state index in [0.717, 1.165) is 0 Å². The summed E-state index contributed by atoms with van der Waals surface area (Å²) in [4.78, 5) is 28.6. The molecule has 168 valence electrons. The van der Waals surface area contributed by atoms with Gasteiger partial charge in [-0.05, 0) is 32.0 Å². The summed E-state index contributed by atoms with van der Waals surface area (Å²) >= 11 is 0. The second-order valence-electron chi connectivity index (χ2n) is 7.06. The highest BCUT2D eigenvalue weighted by molar-refractivity contribution is 7.90. The number of rotatable bonds is 10. The first-order valence-electron chi connectivity index (χ1n) is 10.1. The van der Waals surface area contributed by atoms with Gasteiger partial charge in [-0.25, -0.2) is 8.42 Å². The van der Waals surface area contributed by atoms with Gasteiger partial charge in [0.05, 0.1) is 25.5 Å². The number of ether oxygens (including phenoxy) is 2. The summed E-state index contributed by atoms with van der Waals surface area (Å²) in [5.41, 5.74) is 0.389. The first-order chi connectivity index (χ1) is 14.2. The number of carbonyl (C=O) groups excluding carboxylic acids is 2. The van der Waals surface area contributed by atoms with Crippen molar-refractivity contribution in [2.45, 2.75) is 13.8 Å². The summed E-state index contributed by atoms with van der Waals surface area (Å²) in [5.74, 6) is 0.647. The molecule has 0 aromatic heterocycles. The molecule has 1 fully saturated rings. The zero-order valence-corrected chi connectivity index (χ0v) is 18.7. The lowest BCUT2D eigenvalue weighted by molar-refractivity contribution is -0.131. The third-order valence-corrected chi connectivity index (χ3v) is 5.63. The molecule has 0 unspecified atom stereocenters. The van der Waals surface area contributed by atoms with Gasteiger partial charge in [0.15, 0.2) is 11.5 Å². The average molecular weight is 442 g/mol. The molecule has 1 aliphatic heterocycles. The molecule has 0 bridgehead atoms. The average Bonchev–Trinajstić information content (AvgIpc) is 2.71. The van der Waals surface area contributed by atoms with E-state index in [-0.39, 0.29) is 24.1 Å². The minimum absolute atomic E-state index is 0.0979. The number of hydrogen-bond donors (Lipinski definition) is 1. The molecule has 0 radical (unpaired) electrons. The molecule has 10 heteroatoms. The molecule has 2 rings (SSSR count). The molecule has 1 saturated heterocycles. The fourth-order valence-corrected chi connectivity index (χ4v) is 3.67. The van der Waals surface area contributed by atoms with Crippen molar-refractivity contribution in [3.8, 4) is 11.5 Å². The van der Waals surface area contributed by atoms with Crippen LogP contribution in [0, 0.1) is 0 Å². The fourth-order valence-electron chi connectivity index (χ4n) is 3.08. The van der Waals surface area contributed by atoms with E-state index in [9.17, 15) is 18.0 Å². The maximum Gasteiger partial charge on any atom is 0.251 e. The predicted octanol–water partition coefficient (Wildman–Crippen LogP) is 0.403. The van der Waals surface area contributed by atoms with E-state index in [1.165, 1.54) is 6.26 Å². The molecule has 1 N–H and O–H groups in total. The van der Waals surface area contributed by atoms with E-state index in [2.05, 4.69) is 5.32 Å². The van der Waals surface area contributed by atoms with Crippen molar-refractivity contribution in [2.75, 3.05) is 64.5 Å². The summed E-state index contributed by atoms with van der Waals surface area (Å²) in [7, 11) is -3.00. The molecule has 2 amide bonds. The number of nitrogens with one attached hydrogen (secondary N) is 1. The van der Waals surface area contributed by atoms with Crippen LogP contribution >= 0.6 is 0 Å². The summed E-state index contributed by atoms with van der Waals surface area (Å²) in [6.07, 6.45) is 1.22. The molecule has 1 heterocycles. The van der Waals surface area contributed by atoms with E-state index in [1.54, 1.807) is 23.1 Å². The Morgan fingerprint density at radius 2 is 1.67 bits per heavy atom. The van der Waals surface area contributed by atoms with Gasteiger partial charge in [-0.3, -0.25) is 14.5 Å². The van der Waals surface area contributed by atoms with Crippen LogP contribution in [0.5, 0.6) is 11.5 Å². The molecule has 0 saturated carbocycles. The smallest absolute Gasteiger partial charge is 0.251 e. The Balaban J connectivity index is 1.83. The van der Waals surface area contributed by atoms with E-state index in [0.29, 0.717) is 63.0 Å². The highest BCUT2D eigenvalue weighted by atomic mass is 32.2.